The van der Waals surface area contributed by atoms with E-state index in [2.05, 4.69) is 18.8 Å². The van der Waals surface area contributed by atoms with Crippen molar-refractivity contribution >= 4 is 11.6 Å². The second kappa shape index (κ2) is 8.15. The van der Waals surface area contributed by atoms with Crippen LogP contribution in [0.1, 0.15) is 19.8 Å². The van der Waals surface area contributed by atoms with Crippen LogP contribution in [0.15, 0.2) is 36.9 Å². The molecule has 0 heterocycles. The predicted octanol–water partition coefficient (Wildman–Crippen LogP) is 3.66. The molecule has 3 heteroatoms. The van der Waals surface area contributed by atoms with Crippen molar-refractivity contribution in [3.8, 4) is 5.75 Å². The van der Waals surface area contributed by atoms with E-state index < -0.39 is 0 Å². The normalized spacial score (nSPS) is 12.1. The molecule has 1 rings (SSSR count). The summed E-state index contributed by atoms with van der Waals surface area (Å²) >= 11 is 5.90. The predicted molar refractivity (Wildman–Crippen MR) is 73.8 cm³/mol. The van der Waals surface area contributed by atoms with E-state index in [-0.39, 0.29) is 0 Å². The van der Waals surface area contributed by atoms with Crippen molar-refractivity contribution in [2.24, 2.45) is 0 Å². The molecule has 1 N–H and O–H groups in total. The van der Waals surface area contributed by atoms with Crippen LogP contribution >= 0.6 is 11.6 Å². The fourth-order valence-electron chi connectivity index (χ4n) is 1.61. The first-order valence-corrected chi connectivity index (χ1v) is 6.36. The Morgan fingerprint density at radius 2 is 2.35 bits per heavy atom. The fraction of sp³-hybridized carbons (Fsp3) is 0.429. The lowest BCUT2D eigenvalue weighted by molar-refractivity contribution is 0.259. The van der Waals surface area contributed by atoms with E-state index in [0.717, 1.165) is 25.1 Å². The number of likely N-dealkylation sites (N-methyl/N-ethyl adjacent to an activating group) is 1. The molecule has 94 valence electrons. The molecule has 1 aromatic carbocycles. The van der Waals surface area contributed by atoms with E-state index >= 15 is 0 Å². The van der Waals surface area contributed by atoms with Crippen molar-refractivity contribution in [2.45, 2.75) is 25.8 Å². The molecule has 0 amide bonds. The van der Waals surface area contributed by atoms with Gasteiger partial charge in [-0.05, 0) is 37.6 Å². The van der Waals surface area contributed by atoms with Gasteiger partial charge in [-0.25, -0.2) is 0 Å². The Labute approximate surface area is 109 Å². The lowest BCUT2D eigenvalue weighted by Crippen LogP contribution is -2.34. The molecule has 0 bridgehead atoms. The number of hydrogen-bond donors (Lipinski definition) is 1. The molecule has 1 aromatic rings. The van der Waals surface area contributed by atoms with E-state index in [4.69, 9.17) is 16.3 Å². The molecule has 17 heavy (non-hydrogen) atoms. The summed E-state index contributed by atoms with van der Waals surface area (Å²) in [7, 11) is 0. The van der Waals surface area contributed by atoms with Gasteiger partial charge >= 0.3 is 0 Å². The first-order chi connectivity index (χ1) is 8.26. The molecule has 0 saturated carbocycles. The molecular formula is C14H20ClNO. The van der Waals surface area contributed by atoms with Crippen LogP contribution in [0.4, 0.5) is 0 Å². The van der Waals surface area contributed by atoms with Crippen molar-refractivity contribution in [1.82, 2.24) is 5.32 Å². The van der Waals surface area contributed by atoms with Gasteiger partial charge in [0.05, 0.1) is 0 Å². The molecule has 1 unspecified atom stereocenters. The fourth-order valence-corrected chi connectivity index (χ4v) is 1.79. The zero-order valence-electron chi connectivity index (χ0n) is 10.3. The van der Waals surface area contributed by atoms with E-state index in [9.17, 15) is 0 Å². The Balaban J connectivity index is 2.42. The van der Waals surface area contributed by atoms with Crippen molar-refractivity contribution in [3.05, 3.63) is 41.9 Å². The quantitative estimate of drug-likeness (QED) is 0.714. The van der Waals surface area contributed by atoms with Gasteiger partial charge in [-0.1, -0.05) is 30.7 Å². The van der Waals surface area contributed by atoms with Gasteiger partial charge < -0.3 is 10.1 Å². The molecule has 0 aliphatic carbocycles. The zero-order valence-corrected chi connectivity index (χ0v) is 11.0. The maximum Gasteiger partial charge on any atom is 0.120 e. The summed E-state index contributed by atoms with van der Waals surface area (Å²) in [5, 5.41) is 4.10. The van der Waals surface area contributed by atoms with Crippen LogP contribution in [-0.4, -0.2) is 19.2 Å². The SMILES string of the molecule is C=CCCC(COc1cccc(Cl)c1)NCC. The van der Waals surface area contributed by atoms with Crippen molar-refractivity contribution in [1.29, 1.82) is 0 Å². The number of allylic oxidation sites excluding steroid dienone is 1. The van der Waals surface area contributed by atoms with Crippen LogP contribution in [-0.2, 0) is 0 Å². The second-order valence-corrected chi connectivity index (χ2v) is 4.33. The van der Waals surface area contributed by atoms with Crippen molar-refractivity contribution in [3.63, 3.8) is 0 Å². The van der Waals surface area contributed by atoms with Gasteiger partial charge in [0, 0.05) is 11.1 Å². The maximum atomic E-state index is 5.90. The number of nitrogens with one attached hydrogen (secondary N) is 1. The van der Waals surface area contributed by atoms with Gasteiger partial charge in [0.2, 0.25) is 0 Å². The molecule has 2 nitrogen and oxygen atoms in total. The Morgan fingerprint density at radius 3 is 3.00 bits per heavy atom. The average Bonchev–Trinajstić information content (AvgIpc) is 2.33. The Kier molecular flexibility index (Phi) is 6.75. The maximum absolute atomic E-state index is 5.90. The van der Waals surface area contributed by atoms with Gasteiger partial charge in [0.25, 0.3) is 0 Å². The minimum atomic E-state index is 0.358. The third kappa shape index (κ3) is 5.76. The lowest BCUT2D eigenvalue weighted by Gasteiger charge is -2.17. The minimum Gasteiger partial charge on any atom is -0.492 e. The van der Waals surface area contributed by atoms with Crippen LogP contribution in [0.5, 0.6) is 5.75 Å². The highest BCUT2D eigenvalue weighted by atomic mass is 35.5. The van der Waals surface area contributed by atoms with Crippen LogP contribution < -0.4 is 10.1 Å². The molecule has 0 aliphatic rings. The third-order valence-electron chi connectivity index (χ3n) is 2.46. The smallest absolute Gasteiger partial charge is 0.120 e. The first kappa shape index (κ1) is 14.1. The van der Waals surface area contributed by atoms with Crippen LogP contribution in [0.2, 0.25) is 5.02 Å². The summed E-state index contributed by atoms with van der Waals surface area (Å²) in [5.41, 5.74) is 0. The number of benzene rings is 1. The number of ether oxygens (including phenoxy) is 1. The van der Waals surface area contributed by atoms with Gasteiger partial charge in [0.15, 0.2) is 0 Å². The standard InChI is InChI=1S/C14H20ClNO/c1-3-5-8-13(16-4-2)11-17-14-9-6-7-12(15)10-14/h3,6-7,9-10,13,16H,1,4-5,8,11H2,2H3. The molecule has 0 saturated heterocycles. The molecule has 0 fully saturated rings. The van der Waals surface area contributed by atoms with Gasteiger partial charge in [-0.3, -0.25) is 0 Å². The minimum absolute atomic E-state index is 0.358. The van der Waals surface area contributed by atoms with E-state index in [0.29, 0.717) is 17.7 Å². The average molecular weight is 254 g/mol. The van der Waals surface area contributed by atoms with E-state index in [1.54, 1.807) is 0 Å². The van der Waals surface area contributed by atoms with Gasteiger partial charge in [-0.2, -0.15) is 0 Å². The highest BCUT2D eigenvalue weighted by molar-refractivity contribution is 6.30. The highest BCUT2D eigenvalue weighted by Crippen LogP contribution is 2.17. The second-order valence-electron chi connectivity index (χ2n) is 3.89. The van der Waals surface area contributed by atoms with Crippen LogP contribution in [0.3, 0.4) is 0 Å². The Hall–Kier alpha value is -0.990. The number of rotatable bonds is 8. The molecular weight excluding hydrogens is 234 g/mol. The summed E-state index contributed by atoms with van der Waals surface area (Å²) in [6.07, 6.45) is 3.97. The number of hydrogen-bond acceptors (Lipinski definition) is 2. The first-order valence-electron chi connectivity index (χ1n) is 5.99. The zero-order chi connectivity index (χ0) is 12.5. The van der Waals surface area contributed by atoms with Gasteiger partial charge in [-0.15, -0.1) is 6.58 Å². The summed E-state index contributed by atoms with van der Waals surface area (Å²) in [5.74, 6) is 0.819. The highest BCUT2D eigenvalue weighted by Gasteiger charge is 2.07. The van der Waals surface area contributed by atoms with Crippen molar-refractivity contribution in [2.75, 3.05) is 13.2 Å². The topological polar surface area (TPSA) is 21.3 Å². The van der Waals surface area contributed by atoms with E-state index in [1.807, 2.05) is 30.3 Å². The van der Waals surface area contributed by atoms with E-state index in [1.165, 1.54) is 0 Å². The molecule has 0 spiro atoms. The van der Waals surface area contributed by atoms with Crippen LogP contribution in [0, 0.1) is 0 Å². The summed E-state index contributed by atoms with van der Waals surface area (Å²) in [4.78, 5) is 0. The van der Waals surface area contributed by atoms with Gasteiger partial charge in [0.1, 0.15) is 12.4 Å². The summed E-state index contributed by atoms with van der Waals surface area (Å²) in [6, 6.07) is 7.84. The molecule has 0 radical (unpaired) electrons. The Morgan fingerprint density at radius 1 is 1.53 bits per heavy atom. The Bertz CT molecular complexity index is 341. The number of halogens is 1. The van der Waals surface area contributed by atoms with Crippen molar-refractivity contribution < 1.29 is 4.74 Å². The molecule has 0 aromatic heterocycles. The van der Waals surface area contributed by atoms with Crippen LogP contribution in [0.25, 0.3) is 0 Å². The summed E-state index contributed by atoms with van der Waals surface area (Å²) < 4.78 is 5.72. The third-order valence-corrected chi connectivity index (χ3v) is 2.69. The monoisotopic (exact) mass is 253 g/mol. The molecule has 0 aliphatic heterocycles. The lowest BCUT2D eigenvalue weighted by atomic mass is 10.1. The summed E-state index contributed by atoms with van der Waals surface area (Å²) in [6.45, 7) is 7.43. The molecule has 1 atom stereocenters. The largest absolute Gasteiger partial charge is 0.492 e.